The van der Waals surface area contributed by atoms with Crippen molar-refractivity contribution in [2.75, 3.05) is 13.2 Å². The minimum Gasteiger partial charge on any atom is -0.486 e. The Labute approximate surface area is 194 Å². The zero-order chi connectivity index (χ0) is 21.9. The minimum absolute atomic E-state index is 0.0851. The summed E-state index contributed by atoms with van der Waals surface area (Å²) in [6.07, 6.45) is 5.31. The molecule has 0 saturated carbocycles. The van der Waals surface area contributed by atoms with Crippen LogP contribution < -0.4 is 9.47 Å². The summed E-state index contributed by atoms with van der Waals surface area (Å²) in [5.41, 5.74) is 4.01. The summed E-state index contributed by atoms with van der Waals surface area (Å²) < 4.78 is 14.0. The number of hydrogen-bond acceptors (Lipinski definition) is 4. The van der Waals surface area contributed by atoms with Gasteiger partial charge in [-0.2, -0.15) is 5.10 Å². The van der Waals surface area contributed by atoms with Crippen molar-refractivity contribution in [3.8, 4) is 28.4 Å². The standard InChI is InChI=1S/C26H19BrN2O3/c27-22-9-5-4-8-21(22)23(30)12-10-19-17-29(20-6-2-1-3-7-20)28-26(19)18-11-13-24-25(16-18)32-15-14-31-24/h1-13,16-17H,14-15H2. The van der Waals surface area contributed by atoms with E-state index in [-0.39, 0.29) is 5.78 Å². The highest BCUT2D eigenvalue weighted by molar-refractivity contribution is 9.10. The molecule has 0 spiro atoms. The summed E-state index contributed by atoms with van der Waals surface area (Å²) in [5, 5.41) is 4.82. The zero-order valence-electron chi connectivity index (χ0n) is 17.1. The first-order valence-electron chi connectivity index (χ1n) is 10.2. The van der Waals surface area contributed by atoms with Crippen LogP contribution in [-0.2, 0) is 0 Å². The molecule has 2 heterocycles. The van der Waals surface area contributed by atoms with E-state index in [0.29, 0.717) is 24.5 Å². The number of ether oxygens (including phenoxy) is 2. The van der Waals surface area contributed by atoms with Crippen LogP contribution in [0.2, 0.25) is 0 Å². The van der Waals surface area contributed by atoms with Gasteiger partial charge in [0.05, 0.1) is 5.69 Å². The van der Waals surface area contributed by atoms with Crippen LogP contribution in [0.25, 0.3) is 23.0 Å². The molecular formula is C26H19BrN2O3. The molecule has 6 heteroatoms. The van der Waals surface area contributed by atoms with Crippen molar-refractivity contribution in [2.24, 2.45) is 0 Å². The Kier molecular flexibility index (Phi) is 5.60. The Morgan fingerprint density at radius 2 is 1.69 bits per heavy atom. The second-order valence-electron chi connectivity index (χ2n) is 7.25. The fraction of sp³-hybridized carbons (Fsp3) is 0.0769. The number of rotatable bonds is 5. The van der Waals surface area contributed by atoms with Crippen LogP contribution >= 0.6 is 15.9 Å². The lowest BCUT2D eigenvalue weighted by molar-refractivity contribution is 0.104. The average molecular weight is 487 g/mol. The fourth-order valence-corrected chi connectivity index (χ4v) is 4.03. The number of aromatic nitrogens is 2. The lowest BCUT2D eigenvalue weighted by atomic mass is 10.1. The Morgan fingerprint density at radius 3 is 2.50 bits per heavy atom. The van der Waals surface area contributed by atoms with Crippen LogP contribution in [0.15, 0.2) is 89.5 Å². The molecule has 0 radical (unpaired) electrons. The van der Waals surface area contributed by atoms with Crippen molar-refractivity contribution < 1.29 is 14.3 Å². The summed E-state index contributed by atoms with van der Waals surface area (Å²) in [7, 11) is 0. The molecule has 0 fully saturated rings. The van der Waals surface area contributed by atoms with Crippen LogP contribution in [0.3, 0.4) is 0 Å². The number of halogens is 1. The highest BCUT2D eigenvalue weighted by Gasteiger charge is 2.17. The maximum atomic E-state index is 12.8. The number of fused-ring (bicyclic) bond motifs is 1. The van der Waals surface area contributed by atoms with Crippen LogP contribution in [0.5, 0.6) is 11.5 Å². The first kappa shape index (κ1) is 20.3. The second-order valence-corrected chi connectivity index (χ2v) is 8.10. The third-order valence-corrected chi connectivity index (χ3v) is 5.82. The molecular weight excluding hydrogens is 468 g/mol. The van der Waals surface area contributed by atoms with Gasteiger partial charge in [0, 0.05) is 27.4 Å². The van der Waals surface area contributed by atoms with Gasteiger partial charge in [-0.15, -0.1) is 0 Å². The first-order chi connectivity index (χ1) is 15.7. The average Bonchev–Trinajstić information content (AvgIpc) is 3.27. The number of hydrogen-bond donors (Lipinski definition) is 0. The van der Waals surface area contributed by atoms with Gasteiger partial charge in [0.2, 0.25) is 0 Å². The number of carbonyl (C=O) groups excluding carboxylic acids is 1. The predicted molar refractivity (Wildman–Crippen MR) is 127 cm³/mol. The summed E-state index contributed by atoms with van der Waals surface area (Å²) in [4.78, 5) is 12.8. The topological polar surface area (TPSA) is 53.4 Å². The first-order valence-corrected chi connectivity index (χ1v) is 11.0. The predicted octanol–water partition coefficient (Wildman–Crippen LogP) is 5.97. The number of carbonyl (C=O) groups is 1. The van der Waals surface area contributed by atoms with Crippen molar-refractivity contribution >= 4 is 27.8 Å². The molecule has 0 aliphatic carbocycles. The van der Waals surface area contributed by atoms with E-state index in [0.717, 1.165) is 32.7 Å². The van der Waals surface area contributed by atoms with E-state index in [4.69, 9.17) is 14.6 Å². The maximum absolute atomic E-state index is 12.8. The number of para-hydroxylation sites is 1. The van der Waals surface area contributed by atoms with E-state index in [2.05, 4.69) is 15.9 Å². The van der Waals surface area contributed by atoms with Crippen molar-refractivity contribution in [1.82, 2.24) is 9.78 Å². The maximum Gasteiger partial charge on any atom is 0.186 e. The zero-order valence-corrected chi connectivity index (χ0v) is 18.7. The molecule has 32 heavy (non-hydrogen) atoms. The molecule has 4 aromatic rings. The molecule has 1 aromatic heterocycles. The monoisotopic (exact) mass is 486 g/mol. The Bertz CT molecular complexity index is 1310. The lowest BCUT2D eigenvalue weighted by Gasteiger charge is -2.18. The van der Waals surface area contributed by atoms with Gasteiger partial charge in [0.25, 0.3) is 0 Å². The highest BCUT2D eigenvalue weighted by Crippen LogP contribution is 2.35. The van der Waals surface area contributed by atoms with Gasteiger partial charge < -0.3 is 9.47 Å². The van der Waals surface area contributed by atoms with Gasteiger partial charge >= 0.3 is 0 Å². The Balaban J connectivity index is 1.56. The van der Waals surface area contributed by atoms with Gasteiger partial charge in [-0.3, -0.25) is 4.79 Å². The molecule has 5 nitrogen and oxygen atoms in total. The molecule has 0 N–H and O–H groups in total. The van der Waals surface area contributed by atoms with Crippen LogP contribution in [0, 0.1) is 0 Å². The molecule has 3 aromatic carbocycles. The smallest absolute Gasteiger partial charge is 0.186 e. The van der Waals surface area contributed by atoms with Crippen LogP contribution in [0.4, 0.5) is 0 Å². The van der Waals surface area contributed by atoms with Crippen molar-refractivity contribution in [3.63, 3.8) is 0 Å². The SMILES string of the molecule is O=C(C=Cc1cn(-c2ccccc2)nc1-c1ccc2c(c1)OCCO2)c1ccccc1Br. The third kappa shape index (κ3) is 4.09. The van der Waals surface area contributed by atoms with E-state index in [9.17, 15) is 4.79 Å². The van der Waals surface area contributed by atoms with Gasteiger partial charge in [0.1, 0.15) is 18.9 Å². The molecule has 0 unspecified atom stereocenters. The number of ketones is 1. The molecule has 5 rings (SSSR count). The number of benzene rings is 3. The summed E-state index contributed by atoms with van der Waals surface area (Å²) in [5.74, 6) is 1.34. The highest BCUT2D eigenvalue weighted by atomic mass is 79.9. The fourth-order valence-electron chi connectivity index (χ4n) is 3.55. The third-order valence-electron chi connectivity index (χ3n) is 5.13. The largest absolute Gasteiger partial charge is 0.486 e. The van der Waals surface area contributed by atoms with E-state index in [1.54, 1.807) is 18.2 Å². The minimum atomic E-state index is -0.0851. The molecule has 0 bridgehead atoms. The van der Waals surface area contributed by atoms with Gasteiger partial charge in [-0.05, 0) is 54.6 Å². The van der Waals surface area contributed by atoms with Gasteiger partial charge in [-0.1, -0.05) is 46.3 Å². The van der Waals surface area contributed by atoms with Crippen LogP contribution in [-0.4, -0.2) is 28.8 Å². The normalized spacial score (nSPS) is 12.8. The molecule has 158 valence electrons. The van der Waals surface area contributed by atoms with Gasteiger partial charge in [-0.25, -0.2) is 4.68 Å². The van der Waals surface area contributed by atoms with Crippen molar-refractivity contribution in [1.29, 1.82) is 0 Å². The summed E-state index contributed by atoms with van der Waals surface area (Å²) in [6.45, 7) is 1.06. The lowest BCUT2D eigenvalue weighted by Crippen LogP contribution is -2.15. The quantitative estimate of drug-likeness (QED) is 0.257. The molecule has 0 saturated heterocycles. The van der Waals surface area contributed by atoms with E-state index in [1.165, 1.54) is 0 Å². The molecule has 1 aliphatic rings. The Morgan fingerprint density at radius 1 is 0.938 bits per heavy atom. The second kappa shape index (κ2) is 8.85. The van der Waals surface area contributed by atoms with E-state index < -0.39 is 0 Å². The van der Waals surface area contributed by atoms with Gasteiger partial charge in [0.15, 0.2) is 17.3 Å². The number of nitrogens with zero attached hydrogens (tertiary/aromatic N) is 2. The summed E-state index contributed by atoms with van der Waals surface area (Å²) in [6, 6.07) is 23.0. The van der Waals surface area contributed by atoms with Crippen molar-refractivity contribution in [3.05, 3.63) is 101 Å². The van der Waals surface area contributed by atoms with Crippen LogP contribution in [0.1, 0.15) is 15.9 Å². The number of allylic oxidation sites excluding steroid dienone is 1. The van der Waals surface area contributed by atoms with E-state index in [1.807, 2.05) is 77.6 Å². The van der Waals surface area contributed by atoms with E-state index >= 15 is 0 Å². The molecule has 1 aliphatic heterocycles. The molecule has 0 amide bonds. The molecule has 0 atom stereocenters. The Hall–Kier alpha value is -3.64. The van der Waals surface area contributed by atoms with Crippen molar-refractivity contribution in [2.45, 2.75) is 0 Å². The summed E-state index contributed by atoms with van der Waals surface area (Å²) >= 11 is 3.45.